The van der Waals surface area contributed by atoms with Crippen LogP contribution in [0.25, 0.3) is 0 Å². The van der Waals surface area contributed by atoms with Crippen molar-refractivity contribution in [2.75, 3.05) is 6.61 Å². The second-order valence-electron chi connectivity index (χ2n) is 6.54. The molecule has 1 saturated carbocycles. The topological polar surface area (TPSA) is 33.0 Å². The van der Waals surface area contributed by atoms with Crippen LogP contribution in [0.3, 0.4) is 0 Å². The van der Waals surface area contributed by atoms with E-state index in [1.165, 1.54) is 50.7 Å². The second-order valence-corrected chi connectivity index (χ2v) is 6.54. The molecule has 0 aliphatic heterocycles. The largest absolute Gasteiger partial charge is 0.490 e. The fourth-order valence-electron chi connectivity index (χ4n) is 3.31. The van der Waals surface area contributed by atoms with Crippen molar-refractivity contribution in [1.29, 1.82) is 5.26 Å². The minimum Gasteiger partial charge on any atom is -0.490 e. The zero-order valence-corrected chi connectivity index (χ0v) is 13.8. The van der Waals surface area contributed by atoms with Crippen molar-refractivity contribution in [3.05, 3.63) is 29.3 Å². The van der Waals surface area contributed by atoms with E-state index < -0.39 is 11.6 Å². The summed E-state index contributed by atoms with van der Waals surface area (Å²) < 4.78 is 32.8. The third-order valence-corrected chi connectivity index (χ3v) is 4.82. The predicted molar refractivity (Wildman–Crippen MR) is 86.2 cm³/mol. The molecule has 1 aromatic rings. The Bertz CT molecular complexity index is 545. The third-order valence-electron chi connectivity index (χ3n) is 4.82. The number of ether oxygens (including phenoxy) is 1. The summed E-state index contributed by atoms with van der Waals surface area (Å²) in [5, 5.41) is 8.67. The molecular formula is C19H25F2NO. The molecule has 126 valence electrons. The van der Waals surface area contributed by atoms with Crippen LogP contribution in [-0.4, -0.2) is 6.61 Å². The zero-order valence-electron chi connectivity index (χ0n) is 13.8. The van der Waals surface area contributed by atoms with Crippen molar-refractivity contribution in [1.82, 2.24) is 0 Å². The summed E-state index contributed by atoms with van der Waals surface area (Å²) in [6, 6.07) is 4.23. The highest BCUT2D eigenvalue weighted by atomic mass is 19.2. The molecule has 0 saturated heterocycles. The summed E-state index contributed by atoms with van der Waals surface area (Å²) in [7, 11) is 0. The molecule has 0 heterocycles. The Labute approximate surface area is 137 Å². The van der Waals surface area contributed by atoms with Gasteiger partial charge in [0.15, 0.2) is 11.6 Å². The lowest BCUT2D eigenvalue weighted by Crippen LogP contribution is -2.20. The van der Waals surface area contributed by atoms with Gasteiger partial charge in [-0.1, -0.05) is 45.4 Å². The highest BCUT2D eigenvalue weighted by Gasteiger charge is 2.22. The zero-order chi connectivity index (χ0) is 16.7. The maximum atomic E-state index is 13.8. The van der Waals surface area contributed by atoms with E-state index in [0.717, 1.165) is 18.8 Å². The first-order valence-corrected chi connectivity index (χ1v) is 8.66. The molecule has 23 heavy (non-hydrogen) atoms. The standard InChI is InChI=1S/C19H25F2NO/c1-2-3-4-5-14-6-8-15(9-7-14)13-23-17-11-10-16(12-22)18(20)19(17)21/h10-11,14-15H,2-9,13H2,1H3. The monoisotopic (exact) mass is 321 g/mol. The molecule has 4 heteroatoms. The molecule has 1 aromatic carbocycles. The molecule has 1 fully saturated rings. The van der Waals surface area contributed by atoms with E-state index in [4.69, 9.17) is 10.00 Å². The Kier molecular flexibility index (Phi) is 6.83. The second kappa shape index (κ2) is 8.86. The molecule has 0 unspecified atom stereocenters. The highest BCUT2D eigenvalue weighted by molar-refractivity contribution is 5.37. The number of rotatable bonds is 7. The highest BCUT2D eigenvalue weighted by Crippen LogP contribution is 2.33. The summed E-state index contributed by atoms with van der Waals surface area (Å²) in [5.74, 6) is -1.04. The maximum Gasteiger partial charge on any atom is 0.201 e. The predicted octanol–water partition coefficient (Wildman–Crippen LogP) is 5.60. The molecule has 0 radical (unpaired) electrons. The van der Waals surface area contributed by atoms with Crippen LogP contribution >= 0.6 is 0 Å². The van der Waals surface area contributed by atoms with E-state index in [1.807, 2.05) is 0 Å². The Morgan fingerprint density at radius 3 is 2.43 bits per heavy atom. The van der Waals surface area contributed by atoms with Crippen molar-refractivity contribution in [2.45, 2.75) is 58.3 Å². The number of hydrogen-bond acceptors (Lipinski definition) is 2. The Balaban J connectivity index is 1.78. The van der Waals surface area contributed by atoms with E-state index in [0.29, 0.717) is 12.5 Å². The van der Waals surface area contributed by atoms with E-state index in [-0.39, 0.29) is 11.3 Å². The molecule has 0 amide bonds. The number of unbranched alkanes of at least 4 members (excludes halogenated alkanes) is 2. The van der Waals surface area contributed by atoms with Crippen LogP contribution in [0.4, 0.5) is 8.78 Å². The van der Waals surface area contributed by atoms with Crippen molar-refractivity contribution < 1.29 is 13.5 Å². The first-order chi connectivity index (χ1) is 11.2. The lowest BCUT2D eigenvalue weighted by Gasteiger charge is -2.28. The van der Waals surface area contributed by atoms with E-state index >= 15 is 0 Å². The van der Waals surface area contributed by atoms with Gasteiger partial charge in [0.25, 0.3) is 0 Å². The fraction of sp³-hybridized carbons (Fsp3) is 0.632. The molecule has 2 nitrogen and oxygen atoms in total. The smallest absolute Gasteiger partial charge is 0.201 e. The van der Waals surface area contributed by atoms with Gasteiger partial charge in [-0.25, -0.2) is 4.39 Å². The lowest BCUT2D eigenvalue weighted by atomic mass is 9.80. The summed E-state index contributed by atoms with van der Waals surface area (Å²) in [4.78, 5) is 0. The number of nitriles is 1. The SMILES string of the molecule is CCCCCC1CCC(COc2ccc(C#N)c(F)c2F)CC1. The summed E-state index contributed by atoms with van der Waals surface area (Å²) in [5.41, 5.74) is -0.289. The molecule has 0 N–H and O–H groups in total. The Hall–Kier alpha value is -1.63. The first-order valence-electron chi connectivity index (χ1n) is 8.66. The van der Waals surface area contributed by atoms with Gasteiger partial charge in [0.2, 0.25) is 5.82 Å². The third kappa shape index (κ3) is 4.92. The average Bonchev–Trinajstić information content (AvgIpc) is 2.58. The van der Waals surface area contributed by atoms with Crippen LogP contribution in [0.15, 0.2) is 12.1 Å². The molecule has 0 aromatic heterocycles. The Morgan fingerprint density at radius 1 is 1.09 bits per heavy atom. The normalized spacial score (nSPS) is 21.0. The van der Waals surface area contributed by atoms with Crippen molar-refractivity contribution in [2.24, 2.45) is 11.8 Å². The van der Waals surface area contributed by atoms with E-state index in [9.17, 15) is 8.78 Å². The molecule has 0 bridgehead atoms. The van der Waals surface area contributed by atoms with Crippen LogP contribution < -0.4 is 4.74 Å². The molecule has 2 rings (SSSR count). The van der Waals surface area contributed by atoms with Gasteiger partial charge in [-0.3, -0.25) is 0 Å². The van der Waals surface area contributed by atoms with Crippen molar-refractivity contribution in [3.63, 3.8) is 0 Å². The molecular weight excluding hydrogens is 296 g/mol. The molecule has 0 atom stereocenters. The van der Waals surface area contributed by atoms with Gasteiger partial charge in [-0.15, -0.1) is 0 Å². The maximum absolute atomic E-state index is 13.8. The first kappa shape index (κ1) is 17.7. The van der Waals surface area contributed by atoms with Crippen LogP contribution in [0.2, 0.25) is 0 Å². The van der Waals surface area contributed by atoms with Gasteiger partial charge in [0, 0.05) is 0 Å². The van der Waals surface area contributed by atoms with Gasteiger partial charge in [-0.2, -0.15) is 9.65 Å². The fourth-order valence-corrected chi connectivity index (χ4v) is 3.31. The number of nitrogens with zero attached hydrogens (tertiary/aromatic N) is 1. The Morgan fingerprint density at radius 2 is 1.78 bits per heavy atom. The summed E-state index contributed by atoms with van der Waals surface area (Å²) in [6.45, 7) is 2.64. The van der Waals surface area contributed by atoms with Crippen LogP contribution in [0.5, 0.6) is 5.75 Å². The number of halogens is 2. The average molecular weight is 321 g/mol. The number of hydrogen-bond donors (Lipinski definition) is 0. The van der Waals surface area contributed by atoms with Gasteiger partial charge < -0.3 is 4.74 Å². The van der Waals surface area contributed by atoms with Crippen LogP contribution in [0, 0.1) is 34.8 Å². The minimum atomic E-state index is -1.12. The van der Waals surface area contributed by atoms with Crippen LogP contribution in [-0.2, 0) is 0 Å². The van der Waals surface area contributed by atoms with E-state index in [1.54, 1.807) is 6.07 Å². The quantitative estimate of drug-likeness (QED) is 0.612. The van der Waals surface area contributed by atoms with Gasteiger partial charge >= 0.3 is 0 Å². The van der Waals surface area contributed by atoms with E-state index in [2.05, 4.69) is 6.92 Å². The molecule has 1 aliphatic carbocycles. The van der Waals surface area contributed by atoms with Crippen molar-refractivity contribution in [3.8, 4) is 11.8 Å². The van der Waals surface area contributed by atoms with Gasteiger partial charge in [0.05, 0.1) is 12.2 Å². The van der Waals surface area contributed by atoms with Gasteiger partial charge in [0.1, 0.15) is 6.07 Å². The summed E-state index contributed by atoms with van der Waals surface area (Å²) >= 11 is 0. The lowest BCUT2D eigenvalue weighted by molar-refractivity contribution is 0.172. The molecule has 1 aliphatic rings. The summed E-state index contributed by atoms with van der Waals surface area (Å²) in [6.07, 6.45) is 9.82. The van der Waals surface area contributed by atoms with Gasteiger partial charge in [-0.05, 0) is 36.8 Å². The minimum absolute atomic E-state index is 0.0911. The van der Waals surface area contributed by atoms with Crippen molar-refractivity contribution >= 4 is 0 Å². The number of benzene rings is 1. The van der Waals surface area contributed by atoms with Crippen LogP contribution in [0.1, 0.15) is 63.9 Å². The molecule has 0 spiro atoms.